The maximum absolute atomic E-state index is 10.1. The highest BCUT2D eigenvalue weighted by Gasteiger charge is 2.11. The fraction of sp³-hybridized carbons (Fsp3) is 0.357. The molecule has 0 saturated heterocycles. The van der Waals surface area contributed by atoms with E-state index in [1.165, 1.54) is 5.56 Å². The smallest absolute Gasteiger partial charge is 0.0996 e. The number of aliphatic hydroxyl groups excluding tert-OH is 1. The van der Waals surface area contributed by atoms with Crippen LogP contribution in [0.15, 0.2) is 36.5 Å². The maximum atomic E-state index is 10.1. The van der Waals surface area contributed by atoms with E-state index >= 15 is 0 Å². The number of aromatic nitrogens is 2. The molecule has 1 atom stereocenters. The topological polar surface area (TPSA) is 38.1 Å². The summed E-state index contributed by atoms with van der Waals surface area (Å²) in [7, 11) is 1.85. The lowest BCUT2D eigenvalue weighted by molar-refractivity contribution is 0.168. The summed E-state index contributed by atoms with van der Waals surface area (Å²) in [5.74, 6) is 0. The van der Waals surface area contributed by atoms with Crippen LogP contribution < -0.4 is 0 Å². The lowest BCUT2D eigenvalue weighted by atomic mass is 10.0. The first-order valence-electron chi connectivity index (χ1n) is 5.94. The third kappa shape index (κ3) is 2.74. The SMILES string of the molecule is CCc1ccc(CC(O)c2ccnn2C)cc1. The second-order valence-corrected chi connectivity index (χ2v) is 4.27. The molecule has 0 amide bonds. The second-order valence-electron chi connectivity index (χ2n) is 4.27. The molecule has 2 rings (SSSR count). The zero-order valence-corrected chi connectivity index (χ0v) is 10.3. The van der Waals surface area contributed by atoms with Gasteiger partial charge >= 0.3 is 0 Å². The predicted octanol–water partition coefficient (Wildman–Crippen LogP) is 2.26. The average Bonchev–Trinajstić information content (AvgIpc) is 2.76. The molecule has 3 nitrogen and oxygen atoms in total. The summed E-state index contributed by atoms with van der Waals surface area (Å²) < 4.78 is 1.71. The Hall–Kier alpha value is -1.61. The van der Waals surface area contributed by atoms with Gasteiger partial charge in [-0.25, -0.2) is 0 Å². The van der Waals surface area contributed by atoms with Crippen LogP contribution in [-0.4, -0.2) is 14.9 Å². The molecule has 0 aliphatic heterocycles. The van der Waals surface area contributed by atoms with Gasteiger partial charge in [-0.1, -0.05) is 31.2 Å². The third-order valence-electron chi connectivity index (χ3n) is 3.06. The fourth-order valence-corrected chi connectivity index (χ4v) is 1.95. The number of benzene rings is 1. The summed E-state index contributed by atoms with van der Waals surface area (Å²) in [6.07, 6.45) is 2.89. The van der Waals surface area contributed by atoms with Crippen LogP contribution in [0.4, 0.5) is 0 Å². The molecule has 0 fully saturated rings. The maximum Gasteiger partial charge on any atom is 0.0996 e. The van der Waals surface area contributed by atoms with Crippen LogP contribution in [0.25, 0.3) is 0 Å². The van der Waals surface area contributed by atoms with Crippen LogP contribution in [-0.2, 0) is 19.9 Å². The Morgan fingerprint density at radius 2 is 1.82 bits per heavy atom. The molecule has 1 N–H and O–H groups in total. The van der Waals surface area contributed by atoms with Gasteiger partial charge in [-0.2, -0.15) is 5.10 Å². The number of hydrogen-bond acceptors (Lipinski definition) is 2. The van der Waals surface area contributed by atoms with Crippen LogP contribution in [0.3, 0.4) is 0 Å². The molecule has 1 unspecified atom stereocenters. The minimum Gasteiger partial charge on any atom is -0.386 e. The first-order valence-corrected chi connectivity index (χ1v) is 5.94. The Labute approximate surface area is 102 Å². The lowest BCUT2D eigenvalue weighted by Gasteiger charge is -2.11. The third-order valence-corrected chi connectivity index (χ3v) is 3.06. The number of aryl methyl sites for hydroxylation is 2. The standard InChI is InChI=1S/C14H18N2O/c1-3-11-4-6-12(7-5-11)10-14(17)13-8-9-15-16(13)2/h4-9,14,17H,3,10H2,1-2H3. The van der Waals surface area contributed by atoms with Crippen molar-refractivity contribution in [3.8, 4) is 0 Å². The zero-order valence-electron chi connectivity index (χ0n) is 10.3. The van der Waals surface area contributed by atoms with E-state index in [0.717, 1.165) is 17.7 Å². The highest BCUT2D eigenvalue weighted by molar-refractivity contribution is 5.24. The summed E-state index contributed by atoms with van der Waals surface area (Å²) in [5, 5.41) is 14.2. The molecule has 0 radical (unpaired) electrons. The van der Waals surface area contributed by atoms with Gasteiger partial charge in [0, 0.05) is 19.7 Å². The molecule has 2 aromatic rings. The molecule has 0 saturated carbocycles. The lowest BCUT2D eigenvalue weighted by Crippen LogP contribution is -2.07. The molecule has 0 bridgehead atoms. The Balaban J connectivity index is 2.07. The Kier molecular flexibility index (Phi) is 3.59. The van der Waals surface area contributed by atoms with Crippen molar-refractivity contribution in [3.63, 3.8) is 0 Å². The Bertz CT molecular complexity index is 473. The minimum absolute atomic E-state index is 0.491. The van der Waals surface area contributed by atoms with Crippen molar-refractivity contribution in [2.24, 2.45) is 7.05 Å². The average molecular weight is 230 g/mol. The van der Waals surface area contributed by atoms with Gasteiger partial charge in [-0.05, 0) is 23.6 Å². The van der Waals surface area contributed by atoms with Crippen molar-refractivity contribution in [1.82, 2.24) is 9.78 Å². The molecular weight excluding hydrogens is 212 g/mol. The highest BCUT2D eigenvalue weighted by atomic mass is 16.3. The van der Waals surface area contributed by atoms with Crippen LogP contribution >= 0.6 is 0 Å². The van der Waals surface area contributed by atoms with Crippen molar-refractivity contribution in [2.45, 2.75) is 25.9 Å². The first kappa shape index (κ1) is 11.9. The van der Waals surface area contributed by atoms with Gasteiger partial charge in [0.25, 0.3) is 0 Å². The van der Waals surface area contributed by atoms with Crippen LogP contribution in [0, 0.1) is 0 Å². The minimum atomic E-state index is -0.491. The van der Waals surface area contributed by atoms with Gasteiger partial charge in [-0.15, -0.1) is 0 Å². The largest absolute Gasteiger partial charge is 0.386 e. The second kappa shape index (κ2) is 5.15. The quantitative estimate of drug-likeness (QED) is 0.875. The normalized spacial score (nSPS) is 12.6. The van der Waals surface area contributed by atoms with E-state index in [2.05, 4.69) is 36.3 Å². The molecule has 90 valence electrons. The predicted molar refractivity (Wildman–Crippen MR) is 67.7 cm³/mol. The molecule has 17 heavy (non-hydrogen) atoms. The molecule has 1 aromatic carbocycles. The van der Waals surface area contributed by atoms with Crippen LogP contribution in [0.5, 0.6) is 0 Å². The van der Waals surface area contributed by atoms with E-state index in [0.29, 0.717) is 6.42 Å². The Morgan fingerprint density at radius 1 is 1.18 bits per heavy atom. The van der Waals surface area contributed by atoms with Crippen molar-refractivity contribution in [1.29, 1.82) is 0 Å². The van der Waals surface area contributed by atoms with Crippen LogP contribution in [0.1, 0.15) is 29.8 Å². The van der Waals surface area contributed by atoms with E-state index in [1.807, 2.05) is 13.1 Å². The van der Waals surface area contributed by atoms with Crippen molar-refractivity contribution < 1.29 is 5.11 Å². The van der Waals surface area contributed by atoms with Gasteiger partial charge in [-0.3, -0.25) is 4.68 Å². The van der Waals surface area contributed by atoms with E-state index < -0.39 is 6.10 Å². The van der Waals surface area contributed by atoms with Gasteiger partial charge in [0.05, 0.1) is 11.8 Å². The molecule has 0 aliphatic rings. The number of hydrogen-bond donors (Lipinski definition) is 1. The molecule has 0 aliphatic carbocycles. The fourth-order valence-electron chi connectivity index (χ4n) is 1.95. The summed E-state index contributed by atoms with van der Waals surface area (Å²) in [5.41, 5.74) is 3.32. The molecule has 3 heteroatoms. The van der Waals surface area contributed by atoms with Crippen molar-refractivity contribution in [2.75, 3.05) is 0 Å². The van der Waals surface area contributed by atoms with E-state index in [9.17, 15) is 5.11 Å². The van der Waals surface area contributed by atoms with Gasteiger partial charge in [0.1, 0.15) is 0 Å². The van der Waals surface area contributed by atoms with E-state index in [1.54, 1.807) is 10.9 Å². The summed E-state index contributed by atoms with van der Waals surface area (Å²) >= 11 is 0. The number of nitrogens with zero attached hydrogens (tertiary/aromatic N) is 2. The monoisotopic (exact) mass is 230 g/mol. The summed E-state index contributed by atoms with van der Waals surface area (Å²) in [6, 6.07) is 10.2. The van der Waals surface area contributed by atoms with Gasteiger partial charge in [0.2, 0.25) is 0 Å². The van der Waals surface area contributed by atoms with Gasteiger partial charge in [0.15, 0.2) is 0 Å². The summed E-state index contributed by atoms with van der Waals surface area (Å²) in [6.45, 7) is 2.14. The first-order chi connectivity index (χ1) is 8.20. The van der Waals surface area contributed by atoms with Gasteiger partial charge < -0.3 is 5.11 Å². The molecule has 0 spiro atoms. The highest BCUT2D eigenvalue weighted by Crippen LogP contribution is 2.17. The molecular formula is C14H18N2O. The number of aliphatic hydroxyl groups is 1. The zero-order chi connectivity index (χ0) is 12.3. The van der Waals surface area contributed by atoms with Crippen molar-refractivity contribution in [3.05, 3.63) is 53.3 Å². The van der Waals surface area contributed by atoms with E-state index in [-0.39, 0.29) is 0 Å². The molecule has 1 heterocycles. The summed E-state index contributed by atoms with van der Waals surface area (Å²) in [4.78, 5) is 0. The number of rotatable bonds is 4. The Morgan fingerprint density at radius 3 is 2.35 bits per heavy atom. The van der Waals surface area contributed by atoms with Crippen molar-refractivity contribution >= 4 is 0 Å². The van der Waals surface area contributed by atoms with E-state index in [4.69, 9.17) is 0 Å². The molecule has 1 aromatic heterocycles. The van der Waals surface area contributed by atoms with Crippen LogP contribution in [0.2, 0.25) is 0 Å².